The van der Waals surface area contributed by atoms with E-state index in [1.807, 2.05) is 12.1 Å². The van der Waals surface area contributed by atoms with Crippen molar-refractivity contribution in [2.24, 2.45) is 0 Å². The van der Waals surface area contributed by atoms with E-state index >= 15 is 0 Å². The quantitative estimate of drug-likeness (QED) is 0.809. The number of hydrogen-bond donors (Lipinski definition) is 2. The normalized spacial score (nSPS) is 15.7. The Balaban J connectivity index is 1.75. The maximum atomic E-state index is 11.8. The van der Waals surface area contributed by atoms with Crippen LogP contribution in [0, 0.1) is 0 Å². The van der Waals surface area contributed by atoms with Crippen molar-refractivity contribution in [3.05, 3.63) is 29.8 Å². The Kier molecular flexibility index (Phi) is 4.55. The molecule has 0 spiro atoms. The van der Waals surface area contributed by atoms with E-state index in [0.29, 0.717) is 32.8 Å². The average Bonchev–Trinajstić information content (AvgIpc) is 2.42. The van der Waals surface area contributed by atoms with Crippen LogP contribution < -0.4 is 5.32 Å². The molecule has 1 fully saturated rings. The fraction of sp³-hybridized carbons (Fsp3) is 0.462. The second-order valence-electron chi connectivity index (χ2n) is 4.23. The number of amides is 1. The van der Waals surface area contributed by atoms with Crippen molar-refractivity contribution < 1.29 is 14.6 Å². The van der Waals surface area contributed by atoms with Crippen molar-refractivity contribution in [1.29, 1.82) is 0 Å². The lowest BCUT2D eigenvalue weighted by atomic mass is 10.2. The number of nitrogens with one attached hydrogen (secondary N) is 1. The number of hydrogen-bond acceptors (Lipinski definition) is 4. The van der Waals surface area contributed by atoms with Crippen molar-refractivity contribution >= 4 is 5.91 Å². The molecule has 18 heavy (non-hydrogen) atoms. The van der Waals surface area contributed by atoms with Crippen molar-refractivity contribution in [2.45, 2.75) is 6.54 Å². The Bertz CT molecular complexity index is 403. The van der Waals surface area contributed by atoms with Crippen molar-refractivity contribution in [2.75, 3.05) is 32.8 Å². The van der Waals surface area contributed by atoms with E-state index in [-0.39, 0.29) is 18.2 Å². The van der Waals surface area contributed by atoms with Gasteiger partial charge >= 0.3 is 0 Å². The molecule has 0 unspecified atom stereocenters. The number of benzene rings is 1. The van der Waals surface area contributed by atoms with E-state index in [0.717, 1.165) is 5.56 Å². The van der Waals surface area contributed by atoms with Crippen LogP contribution in [0.2, 0.25) is 0 Å². The highest BCUT2D eigenvalue weighted by Crippen LogP contribution is 2.14. The predicted molar refractivity (Wildman–Crippen MR) is 67.2 cm³/mol. The second kappa shape index (κ2) is 6.37. The number of carbonyl (C=O) groups is 1. The Labute approximate surface area is 106 Å². The molecule has 0 radical (unpaired) electrons. The fourth-order valence-electron chi connectivity index (χ4n) is 1.89. The number of phenols is 1. The molecule has 1 aromatic rings. The summed E-state index contributed by atoms with van der Waals surface area (Å²) in [4.78, 5) is 13.6. The maximum absolute atomic E-state index is 11.8. The van der Waals surface area contributed by atoms with Gasteiger partial charge < -0.3 is 20.1 Å². The first-order chi connectivity index (χ1) is 8.77. The summed E-state index contributed by atoms with van der Waals surface area (Å²) in [5.41, 5.74) is 0.798. The largest absolute Gasteiger partial charge is 0.508 e. The summed E-state index contributed by atoms with van der Waals surface area (Å²) in [6.45, 7) is 3.34. The van der Waals surface area contributed by atoms with Crippen molar-refractivity contribution in [3.8, 4) is 5.75 Å². The molecule has 0 atom stereocenters. The first-order valence-corrected chi connectivity index (χ1v) is 6.10. The van der Waals surface area contributed by atoms with E-state index < -0.39 is 0 Å². The molecule has 2 N–H and O–H groups in total. The summed E-state index contributed by atoms with van der Waals surface area (Å²) in [5, 5.41) is 12.6. The van der Waals surface area contributed by atoms with Gasteiger partial charge in [0.05, 0.1) is 19.8 Å². The minimum Gasteiger partial charge on any atom is -0.508 e. The van der Waals surface area contributed by atoms with Crippen LogP contribution >= 0.6 is 0 Å². The molecule has 1 heterocycles. The number of rotatable bonds is 4. The van der Waals surface area contributed by atoms with E-state index in [2.05, 4.69) is 5.32 Å². The van der Waals surface area contributed by atoms with Crippen molar-refractivity contribution in [1.82, 2.24) is 10.2 Å². The van der Waals surface area contributed by atoms with E-state index in [1.165, 1.54) is 0 Å². The summed E-state index contributed by atoms with van der Waals surface area (Å²) < 4.78 is 5.19. The number of nitrogens with zero attached hydrogens (tertiary/aromatic N) is 1. The third-order valence-electron chi connectivity index (χ3n) is 2.95. The van der Waals surface area contributed by atoms with Crippen LogP contribution in [0.4, 0.5) is 0 Å². The lowest BCUT2D eigenvalue weighted by Gasteiger charge is -2.26. The zero-order valence-electron chi connectivity index (χ0n) is 10.3. The molecule has 0 saturated carbocycles. The van der Waals surface area contributed by atoms with Gasteiger partial charge in [-0.2, -0.15) is 0 Å². The van der Waals surface area contributed by atoms with Crippen molar-refractivity contribution in [3.63, 3.8) is 0 Å². The van der Waals surface area contributed by atoms with Gasteiger partial charge in [-0.1, -0.05) is 18.2 Å². The molecule has 1 aromatic carbocycles. The summed E-state index contributed by atoms with van der Waals surface area (Å²) in [6.07, 6.45) is 0. The Morgan fingerprint density at radius 2 is 2.06 bits per heavy atom. The second-order valence-corrected chi connectivity index (χ2v) is 4.23. The maximum Gasteiger partial charge on any atom is 0.236 e. The van der Waals surface area contributed by atoms with Crippen LogP contribution in [0.3, 0.4) is 0 Å². The molecular formula is C13H18N2O3. The summed E-state index contributed by atoms with van der Waals surface area (Å²) in [5.74, 6) is 0.331. The molecule has 5 heteroatoms. The first kappa shape index (κ1) is 12.9. The Hall–Kier alpha value is -1.59. The molecule has 1 saturated heterocycles. The van der Waals surface area contributed by atoms with Gasteiger partial charge in [0.15, 0.2) is 0 Å². The number of morpholine rings is 1. The summed E-state index contributed by atoms with van der Waals surface area (Å²) in [6, 6.07) is 7.11. The SMILES string of the molecule is O=C(CNCc1ccccc1O)N1CCOCC1. The molecule has 0 bridgehead atoms. The minimum atomic E-state index is 0.0775. The van der Waals surface area contributed by atoms with Gasteiger partial charge in [-0.3, -0.25) is 4.79 Å². The van der Waals surface area contributed by atoms with Gasteiger partial charge in [0, 0.05) is 25.2 Å². The molecule has 1 aliphatic rings. The topological polar surface area (TPSA) is 61.8 Å². The van der Waals surface area contributed by atoms with Gasteiger partial charge in [-0.05, 0) is 6.07 Å². The smallest absolute Gasteiger partial charge is 0.236 e. The standard InChI is InChI=1S/C13H18N2O3/c16-12-4-2-1-3-11(12)9-14-10-13(17)15-5-7-18-8-6-15/h1-4,14,16H,5-10H2. The van der Waals surface area contributed by atoms with Gasteiger partial charge in [-0.15, -0.1) is 0 Å². The lowest BCUT2D eigenvalue weighted by molar-refractivity contribution is -0.134. The molecule has 0 aromatic heterocycles. The average molecular weight is 250 g/mol. The highest BCUT2D eigenvalue weighted by atomic mass is 16.5. The van der Waals surface area contributed by atoms with Crippen LogP contribution in [-0.2, 0) is 16.1 Å². The lowest BCUT2D eigenvalue weighted by Crippen LogP contribution is -2.44. The molecular weight excluding hydrogens is 232 g/mol. The van der Waals surface area contributed by atoms with E-state index in [4.69, 9.17) is 4.74 Å². The fourth-order valence-corrected chi connectivity index (χ4v) is 1.89. The Morgan fingerprint density at radius 3 is 2.78 bits per heavy atom. The van der Waals surface area contributed by atoms with E-state index in [9.17, 15) is 9.90 Å². The zero-order chi connectivity index (χ0) is 12.8. The molecule has 0 aliphatic carbocycles. The van der Waals surface area contributed by atoms with Crippen LogP contribution in [0.5, 0.6) is 5.75 Å². The molecule has 1 aliphatic heterocycles. The molecule has 2 rings (SSSR count). The van der Waals surface area contributed by atoms with E-state index in [1.54, 1.807) is 17.0 Å². The molecule has 5 nitrogen and oxygen atoms in total. The summed E-state index contributed by atoms with van der Waals surface area (Å²) >= 11 is 0. The van der Waals surface area contributed by atoms with Gasteiger partial charge in [-0.25, -0.2) is 0 Å². The third-order valence-corrected chi connectivity index (χ3v) is 2.95. The highest BCUT2D eigenvalue weighted by molar-refractivity contribution is 5.78. The number of carbonyl (C=O) groups excluding carboxylic acids is 1. The predicted octanol–water partition coefficient (Wildman–Crippen LogP) is 0.341. The van der Waals surface area contributed by atoms with Crippen LogP contribution in [0.25, 0.3) is 0 Å². The summed E-state index contributed by atoms with van der Waals surface area (Å²) in [7, 11) is 0. The zero-order valence-corrected chi connectivity index (χ0v) is 10.3. The minimum absolute atomic E-state index is 0.0775. The van der Waals surface area contributed by atoms with Gasteiger partial charge in [0.1, 0.15) is 5.75 Å². The third kappa shape index (κ3) is 3.45. The molecule has 98 valence electrons. The molecule has 1 amide bonds. The number of ether oxygens (including phenoxy) is 1. The Morgan fingerprint density at radius 1 is 1.33 bits per heavy atom. The highest BCUT2D eigenvalue weighted by Gasteiger charge is 2.15. The van der Waals surface area contributed by atoms with Gasteiger partial charge in [0.25, 0.3) is 0 Å². The van der Waals surface area contributed by atoms with Crippen LogP contribution in [0.1, 0.15) is 5.56 Å². The number of para-hydroxylation sites is 1. The number of phenolic OH excluding ortho intramolecular Hbond substituents is 1. The number of aromatic hydroxyl groups is 1. The van der Waals surface area contributed by atoms with Crippen LogP contribution in [-0.4, -0.2) is 48.8 Å². The van der Waals surface area contributed by atoms with Gasteiger partial charge in [0.2, 0.25) is 5.91 Å². The van der Waals surface area contributed by atoms with Crippen LogP contribution in [0.15, 0.2) is 24.3 Å². The monoisotopic (exact) mass is 250 g/mol. The first-order valence-electron chi connectivity index (χ1n) is 6.10.